The van der Waals surface area contributed by atoms with Crippen LogP contribution in [-0.2, 0) is 19.3 Å². The highest BCUT2D eigenvalue weighted by atomic mass is 32.1. The number of carbonyl (C=O) groups excluding carboxylic acids is 1. The summed E-state index contributed by atoms with van der Waals surface area (Å²) in [6.07, 6.45) is 5.41. The second-order valence-corrected chi connectivity index (χ2v) is 7.00. The SMILES string of the molecule is Cc1nc(CCNC(=O)Nc2nnc(-c3ccco3)s2)nc2c1CCC2. The standard InChI is InChI=1S/C17H18N6O2S/c1-10-11-4-2-5-12(11)20-14(19-10)7-8-18-16(24)21-17-23-22-15(26-17)13-6-3-9-25-13/h3,6,9H,2,4-5,7-8H2,1H3,(H2,18,21,23,24). The van der Waals surface area contributed by atoms with Gasteiger partial charge in [0.1, 0.15) is 5.82 Å². The summed E-state index contributed by atoms with van der Waals surface area (Å²) in [6, 6.07) is 3.24. The van der Waals surface area contributed by atoms with E-state index in [0.717, 1.165) is 36.5 Å². The molecule has 4 rings (SSSR count). The average Bonchev–Trinajstić information content (AvgIpc) is 3.36. The maximum Gasteiger partial charge on any atom is 0.321 e. The number of amides is 2. The highest BCUT2D eigenvalue weighted by Crippen LogP contribution is 2.26. The molecule has 3 heterocycles. The molecule has 0 saturated carbocycles. The molecule has 3 aromatic heterocycles. The van der Waals surface area contributed by atoms with Gasteiger partial charge in [0.15, 0.2) is 10.8 Å². The number of urea groups is 1. The van der Waals surface area contributed by atoms with Crippen LogP contribution in [0.1, 0.15) is 29.2 Å². The predicted molar refractivity (Wildman–Crippen MR) is 97.1 cm³/mol. The Morgan fingerprint density at radius 3 is 3.08 bits per heavy atom. The molecular formula is C17H18N6O2S. The van der Waals surface area contributed by atoms with E-state index in [4.69, 9.17) is 4.42 Å². The molecular weight excluding hydrogens is 352 g/mol. The molecule has 1 aliphatic carbocycles. The van der Waals surface area contributed by atoms with Crippen LogP contribution in [0.4, 0.5) is 9.93 Å². The predicted octanol–water partition coefficient (Wildman–Crippen LogP) is 2.75. The first kappa shape index (κ1) is 16.6. The van der Waals surface area contributed by atoms with Gasteiger partial charge in [-0.2, -0.15) is 0 Å². The molecule has 0 saturated heterocycles. The van der Waals surface area contributed by atoms with Gasteiger partial charge in [-0.3, -0.25) is 5.32 Å². The van der Waals surface area contributed by atoms with E-state index in [1.165, 1.54) is 16.9 Å². The van der Waals surface area contributed by atoms with Gasteiger partial charge in [0, 0.05) is 24.4 Å². The second kappa shape index (κ2) is 7.20. The van der Waals surface area contributed by atoms with Gasteiger partial charge < -0.3 is 9.73 Å². The van der Waals surface area contributed by atoms with Crippen molar-refractivity contribution in [2.75, 3.05) is 11.9 Å². The lowest BCUT2D eigenvalue weighted by atomic mass is 10.2. The van der Waals surface area contributed by atoms with E-state index in [1.807, 2.05) is 6.92 Å². The molecule has 8 nitrogen and oxygen atoms in total. The number of furan rings is 1. The van der Waals surface area contributed by atoms with Gasteiger partial charge in [0.05, 0.1) is 6.26 Å². The molecule has 0 aromatic carbocycles. The van der Waals surface area contributed by atoms with Crippen molar-refractivity contribution in [1.29, 1.82) is 0 Å². The molecule has 3 aromatic rings. The number of fused-ring (bicyclic) bond motifs is 1. The van der Waals surface area contributed by atoms with Gasteiger partial charge in [-0.05, 0) is 43.9 Å². The summed E-state index contributed by atoms with van der Waals surface area (Å²) in [4.78, 5) is 21.2. The minimum absolute atomic E-state index is 0.329. The van der Waals surface area contributed by atoms with Crippen molar-refractivity contribution in [1.82, 2.24) is 25.5 Å². The molecule has 0 atom stereocenters. The summed E-state index contributed by atoms with van der Waals surface area (Å²) in [5, 5.41) is 14.4. The summed E-state index contributed by atoms with van der Waals surface area (Å²) < 4.78 is 5.26. The average molecular weight is 370 g/mol. The molecule has 0 spiro atoms. The molecule has 0 unspecified atom stereocenters. The van der Waals surface area contributed by atoms with E-state index in [1.54, 1.807) is 18.4 Å². The van der Waals surface area contributed by atoms with E-state index in [9.17, 15) is 4.79 Å². The number of anilines is 1. The van der Waals surface area contributed by atoms with Crippen LogP contribution in [0.5, 0.6) is 0 Å². The Morgan fingerprint density at radius 1 is 1.31 bits per heavy atom. The zero-order chi connectivity index (χ0) is 17.9. The Labute approximate surface area is 154 Å². The number of nitrogens with one attached hydrogen (secondary N) is 2. The third-order valence-corrected chi connectivity index (χ3v) is 5.05. The maximum atomic E-state index is 12.0. The van der Waals surface area contributed by atoms with E-state index in [0.29, 0.717) is 28.9 Å². The lowest BCUT2D eigenvalue weighted by Crippen LogP contribution is -2.30. The number of rotatable bonds is 5. The van der Waals surface area contributed by atoms with E-state index in [2.05, 4.69) is 30.8 Å². The lowest BCUT2D eigenvalue weighted by Gasteiger charge is -2.08. The first-order valence-electron chi connectivity index (χ1n) is 8.46. The first-order valence-corrected chi connectivity index (χ1v) is 9.28. The molecule has 0 fully saturated rings. The van der Waals surface area contributed by atoms with Crippen LogP contribution in [0.25, 0.3) is 10.8 Å². The van der Waals surface area contributed by atoms with Crippen LogP contribution in [0.2, 0.25) is 0 Å². The van der Waals surface area contributed by atoms with Gasteiger partial charge >= 0.3 is 6.03 Å². The van der Waals surface area contributed by atoms with Gasteiger partial charge in [-0.1, -0.05) is 11.3 Å². The van der Waals surface area contributed by atoms with Gasteiger partial charge in [-0.15, -0.1) is 10.2 Å². The summed E-state index contributed by atoms with van der Waals surface area (Å²) in [7, 11) is 0. The maximum absolute atomic E-state index is 12.0. The Balaban J connectivity index is 1.29. The van der Waals surface area contributed by atoms with E-state index in [-0.39, 0.29) is 6.03 Å². The summed E-state index contributed by atoms with van der Waals surface area (Å²) in [5.74, 6) is 1.40. The van der Waals surface area contributed by atoms with Crippen LogP contribution in [0, 0.1) is 6.92 Å². The van der Waals surface area contributed by atoms with Crippen LogP contribution in [0.3, 0.4) is 0 Å². The minimum atomic E-state index is -0.329. The fourth-order valence-electron chi connectivity index (χ4n) is 3.00. The van der Waals surface area contributed by atoms with Crippen molar-refractivity contribution in [3.05, 3.63) is 41.2 Å². The van der Waals surface area contributed by atoms with Gasteiger partial charge in [0.2, 0.25) is 5.13 Å². The molecule has 9 heteroatoms. The number of aromatic nitrogens is 4. The highest BCUT2D eigenvalue weighted by Gasteiger charge is 2.17. The third kappa shape index (κ3) is 3.57. The van der Waals surface area contributed by atoms with Crippen molar-refractivity contribution < 1.29 is 9.21 Å². The summed E-state index contributed by atoms with van der Waals surface area (Å²) in [6.45, 7) is 2.48. The van der Waals surface area contributed by atoms with Crippen molar-refractivity contribution >= 4 is 22.5 Å². The van der Waals surface area contributed by atoms with Crippen molar-refractivity contribution in [2.24, 2.45) is 0 Å². The monoisotopic (exact) mass is 370 g/mol. The van der Waals surface area contributed by atoms with Crippen molar-refractivity contribution in [3.8, 4) is 10.8 Å². The third-order valence-electron chi connectivity index (χ3n) is 4.20. The van der Waals surface area contributed by atoms with Crippen molar-refractivity contribution in [2.45, 2.75) is 32.6 Å². The molecule has 0 bridgehead atoms. The number of aryl methyl sites for hydroxylation is 2. The normalized spacial score (nSPS) is 12.8. The smallest absolute Gasteiger partial charge is 0.321 e. The molecule has 2 N–H and O–H groups in total. The summed E-state index contributed by atoms with van der Waals surface area (Å²) in [5.41, 5.74) is 3.52. The first-order chi connectivity index (χ1) is 12.7. The number of nitrogens with zero attached hydrogens (tertiary/aromatic N) is 4. The fraction of sp³-hybridized carbons (Fsp3) is 0.353. The quantitative estimate of drug-likeness (QED) is 0.715. The molecule has 2 amide bonds. The molecule has 0 aliphatic heterocycles. The second-order valence-electron chi connectivity index (χ2n) is 6.02. The largest absolute Gasteiger partial charge is 0.462 e. The van der Waals surface area contributed by atoms with E-state index < -0.39 is 0 Å². The van der Waals surface area contributed by atoms with Crippen LogP contribution in [-0.4, -0.2) is 32.7 Å². The molecule has 0 radical (unpaired) electrons. The lowest BCUT2D eigenvalue weighted by molar-refractivity contribution is 0.252. The molecule has 1 aliphatic rings. The number of hydrogen-bond donors (Lipinski definition) is 2. The topological polar surface area (TPSA) is 106 Å². The van der Waals surface area contributed by atoms with Gasteiger partial charge in [0.25, 0.3) is 0 Å². The summed E-state index contributed by atoms with van der Waals surface area (Å²) >= 11 is 1.25. The zero-order valence-corrected chi connectivity index (χ0v) is 15.1. The Kier molecular flexibility index (Phi) is 4.61. The molecule has 26 heavy (non-hydrogen) atoms. The van der Waals surface area contributed by atoms with Crippen LogP contribution in [0.15, 0.2) is 22.8 Å². The Morgan fingerprint density at radius 2 is 2.23 bits per heavy atom. The fourth-order valence-corrected chi connectivity index (χ4v) is 3.70. The Hall–Kier alpha value is -2.81. The Bertz CT molecular complexity index is 921. The highest BCUT2D eigenvalue weighted by molar-refractivity contribution is 7.18. The van der Waals surface area contributed by atoms with Crippen molar-refractivity contribution in [3.63, 3.8) is 0 Å². The molecule has 134 valence electrons. The zero-order valence-electron chi connectivity index (χ0n) is 14.3. The number of hydrogen-bond acceptors (Lipinski definition) is 7. The van der Waals surface area contributed by atoms with Gasteiger partial charge in [-0.25, -0.2) is 14.8 Å². The minimum Gasteiger partial charge on any atom is -0.462 e. The van der Waals surface area contributed by atoms with E-state index >= 15 is 0 Å². The number of carbonyl (C=O) groups is 1. The van der Waals surface area contributed by atoms with Crippen LogP contribution >= 0.6 is 11.3 Å². The van der Waals surface area contributed by atoms with Crippen LogP contribution < -0.4 is 10.6 Å².